The SMILES string of the molecule is COC=C(C(=O)OC)c1ccccc1C(OC(=O)C1CC1)C(F)(F)F. The number of rotatable bonds is 6. The van der Waals surface area contributed by atoms with Gasteiger partial charge in [0.25, 0.3) is 0 Å². The summed E-state index contributed by atoms with van der Waals surface area (Å²) in [5.41, 5.74) is -0.655. The predicted molar refractivity (Wildman–Crippen MR) is 81.1 cm³/mol. The average molecular weight is 358 g/mol. The summed E-state index contributed by atoms with van der Waals surface area (Å²) >= 11 is 0. The Kier molecular flexibility index (Phi) is 5.71. The van der Waals surface area contributed by atoms with Gasteiger partial charge in [0, 0.05) is 5.56 Å². The molecule has 1 aliphatic carbocycles. The van der Waals surface area contributed by atoms with Crippen LogP contribution in [0.5, 0.6) is 0 Å². The van der Waals surface area contributed by atoms with Crippen LogP contribution >= 0.6 is 0 Å². The first-order valence-corrected chi connectivity index (χ1v) is 7.47. The van der Waals surface area contributed by atoms with Crippen LogP contribution in [-0.4, -0.2) is 32.3 Å². The Balaban J connectivity index is 2.49. The molecule has 0 spiro atoms. The first kappa shape index (κ1) is 18.8. The number of carbonyl (C=O) groups is 2. The van der Waals surface area contributed by atoms with E-state index in [-0.39, 0.29) is 16.7 Å². The molecular formula is C17H17F3O5. The number of benzene rings is 1. The molecule has 0 aliphatic heterocycles. The van der Waals surface area contributed by atoms with Gasteiger partial charge < -0.3 is 14.2 Å². The maximum atomic E-state index is 13.5. The van der Waals surface area contributed by atoms with Crippen molar-refractivity contribution in [1.82, 2.24) is 0 Å². The smallest absolute Gasteiger partial charge is 0.429 e. The van der Waals surface area contributed by atoms with E-state index in [0.717, 1.165) is 19.4 Å². The van der Waals surface area contributed by atoms with Crippen LogP contribution in [0.15, 0.2) is 30.5 Å². The van der Waals surface area contributed by atoms with Crippen LogP contribution in [0, 0.1) is 5.92 Å². The molecule has 0 radical (unpaired) electrons. The van der Waals surface area contributed by atoms with Crippen molar-refractivity contribution < 1.29 is 37.0 Å². The van der Waals surface area contributed by atoms with E-state index in [9.17, 15) is 22.8 Å². The molecule has 0 saturated heterocycles. The summed E-state index contributed by atoms with van der Waals surface area (Å²) in [6.45, 7) is 0. The van der Waals surface area contributed by atoms with Gasteiger partial charge in [-0.3, -0.25) is 4.79 Å². The van der Waals surface area contributed by atoms with Crippen molar-refractivity contribution in [3.05, 3.63) is 41.7 Å². The lowest BCUT2D eigenvalue weighted by molar-refractivity contribution is -0.224. The molecule has 0 heterocycles. The fraction of sp³-hybridized carbons (Fsp3) is 0.412. The largest absolute Gasteiger partial charge is 0.503 e. The van der Waals surface area contributed by atoms with E-state index in [1.165, 1.54) is 25.3 Å². The number of methoxy groups -OCH3 is 2. The van der Waals surface area contributed by atoms with Crippen LogP contribution in [0.3, 0.4) is 0 Å². The van der Waals surface area contributed by atoms with Crippen molar-refractivity contribution in [3.8, 4) is 0 Å². The third-order valence-corrected chi connectivity index (χ3v) is 3.62. The summed E-state index contributed by atoms with van der Waals surface area (Å²) < 4.78 is 54.6. The van der Waals surface area contributed by atoms with Crippen molar-refractivity contribution in [1.29, 1.82) is 0 Å². The Morgan fingerprint density at radius 1 is 1.20 bits per heavy atom. The third kappa shape index (κ3) is 4.52. The summed E-state index contributed by atoms with van der Waals surface area (Å²) in [6.07, 6.45) is -5.30. The van der Waals surface area contributed by atoms with E-state index in [0.29, 0.717) is 12.8 Å². The van der Waals surface area contributed by atoms with E-state index in [4.69, 9.17) is 9.47 Å². The Labute approximate surface area is 142 Å². The van der Waals surface area contributed by atoms with Crippen LogP contribution in [0.1, 0.15) is 30.1 Å². The zero-order valence-electron chi connectivity index (χ0n) is 13.6. The van der Waals surface area contributed by atoms with Gasteiger partial charge in [0.2, 0.25) is 6.10 Å². The first-order chi connectivity index (χ1) is 11.8. The summed E-state index contributed by atoms with van der Waals surface area (Å²) in [6, 6.07) is 5.28. The second kappa shape index (κ2) is 7.58. The summed E-state index contributed by atoms with van der Waals surface area (Å²) in [5.74, 6) is -2.26. The molecule has 0 bridgehead atoms. The molecule has 0 aromatic heterocycles. The molecule has 8 heteroatoms. The molecule has 25 heavy (non-hydrogen) atoms. The molecule has 0 N–H and O–H groups in total. The lowest BCUT2D eigenvalue weighted by Gasteiger charge is -2.23. The number of alkyl halides is 3. The second-order valence-corrected chi connectivity index (χ2v) is 5.48. The van der Waals surface area contributed by atoms with Gasteiger partial charge in [0.1, 0.15) is 5.57 Å². The molecule has 1 aromatic rings. The monoisotopic (exact) mass is 358 g/mol. The summed E-state index contributed by atoms with van der Waals surface area (Å²) in [4.78, 5) is 23.7. The molecule has 1 aliphatic rings. The number of halogens is 3. The summed E-state index contributed by atoms with van der Waals surface area (Å²) in [7, 11) is 2.35. The molecule has 1 saturated carbocycles. The zero-order valence-corrected chi connectivity index (χ0v) is 13.6. The standard InChI is InChI=1S/C17H17F3O5/c1-23-9-13(16(22)24-2)11-5-3-4-6-12(11)14(17(18,19)20)25-15(21)10-7-8-10/h3-6,9-10,14H,7-8H2,1-2H3. The van der Waals surface area contributed by atoms with E-state index in [2.05, 4.69) is 4.74 Å². The van der Waals surface area contributed by atoms with E-state index < -0.39 is 30.1 Å². The minimum atomic E-state index is -4.84. The van der Waals surface area contributed by atoms with Crippen molar-refractivity contribution in [3.63, 3.8) is 0 Å². The molecule has 5 nitrogen and oxygen atoms in total. The van der Waals surface area contributed by atoms with Crippen LogP contribution in [0.4, 0.5) is 13.2 Å². The Bertz CT molecular complexity index is 677. The topological polar surface area (TPSA) is 61.8 Å². The average Bonchev–Trinajstić information content (AvgIpc) is 3.41. The molecule has 1 atom stereocenters. The number of esters is 2. The fourth-order valence-electron chi connectivity index (χ4n) is 2.26. The van der Waals surface area contributed by atoms with Crippen molar-refractivity contribution in [2.24, 2.45) is 5.92 Å². The van der Waals surface area contributed by atoms with E-state index in [1.807, 2.05) is 0 Å². The molecule has 1 unspecified atom stereocenters. The number of carbonyl (C=O) groups excluding carboxylic acids is 2. The van der Waals surface area contributed by atoms with Crippen molar-refractivity contribution in [2.45, 2.75) is 25.1 Å². The highest BCUT2D eigenvalue weighted by Gasteiger charge is 2.47. The number of hydrogen-bond donors (Lipinski definition) is 0. The van der Waals surface area contributed by atoms with Gasteiger partial charge in [0.15, 0.2) is 0 Å². The number of ether oxygens (including phenoxy) is 3. The van der Waals surface area contributed by atoms with Gasteiger partial charge in [-0.2, -0.15) is 13.2 Å². The first-order valence-electron chi connectivity index (χ1n) is 7.47. The summed E-state index contributed by atoms with van der Waals surface area (Å²) in [5, 5.41) is 0. The Morgan fingerprint density at radius 3 is 2.36 bits per heavy atom. The van der Waals surface area contributed by atoms with Crippen LogP contribution in [-0.2, 0) is 23.8 Å². The maximum absolute atomic E-state index is 13.5. The lowest BCUT2D eigenvalue weighted by Crippen LogP contribution is -2.28. The van der Waals surface area contributed by atoms with Crippen LogP contribution < -0.4 is 0 Å². The van der Waals surface area contributed by atoms with Gasteiger partial charge in [-0.05, 0) is 18.4 Å². The number of hydrogen-bond acceptors (Lipinski definition) is 5. The van der Waals surface area contributed by atoms with Crippen LogP contribution in [0.25, 0.3) is 5.57 Å². The van der Waals surface area contributed by atoms with Gasteiger partial charge in [-0.1, -0.05) is 24.3 Å². The molecular weight excluding hydrogens is 341 g/mol. The highest BCUT2D eigenvalue weighted by atomic mass is 19.4. The van der Waals surface area contributed by atoms with Crippen molar-refractivity contribution in [2.75, 3.05) is 14.2 Å². The predicted octanol–water partition coefficient (Wildman–Crippen LogP) is 3.40. The Morgan fingerprint density at radius 2 is 1.84 bits per heavy atom. The van der Waals surface area contributed by atoms with Gasteiger partial charge in [-0.25, -0.2) is 4.79 Å². The Hall–Kier alpha value is -2.51. The molecule has 1 aromatic carbocycles. The lowest BCUT2D eigenvalue weighted by atomic mass is 9.96. The minimum absolute atomic E-state index is 0.0814. The quantitative estimate of drug-likeness (QED) is 0.443. The van der Waals surface area contributed by atoms with Gasteiger partial charge in [0.05, 0.1) is 26.4 Å². The van der Waals surface area contributed by atoms with Gasteiger partial charge >= 0.3 is 18.1 Å². The highest BCUT2D eigenvalue weighted by Crippen LogP contribution is 2.41. The van der Waals surface area contributed by atoms with E-state index >= 15 is 0 Å². The molecule has 0 amide bonds. The van der Waals surface area contributed by atoms with Crippen LogP contribution in [0.2, 0.25) is 0 Å². The normalized spacial score (nSPS) is 16.1. The molecule has 1 fully saturated rings. The van der Waals surface area contributed by atoms with Gasteiger partial charge in [-0.15, -0.1) is 0 Å². The molecule has 136 valence electrons. The highest BCUT2D eigenvalue weighted by molar-refractivity contribution is 6.16. The maximum Gasteiger partial charge on any atom is 0.429 e. The minimum Gasteiger partial charge on any atom is -0.503 e. The zero-order chi connectivity index (χ0) is 18.6. The van der Waals surface area contributed by atoms with E-state index in [1.54, 1.807) is 0 Å². The third-order valence-electron chi connectivity index (χ3n) is 3.62. The fourth-order valence-corrected chi connectivity index (χ4v) is 2.26. The molecule has 2 rings (SSSR count). The van der Waals surface area contributed by atoms with Crippen molar-refractivity contribution >= 4 is 17.5 Å². The second-order valence-electron chi connectivity index (χ2n) is 5.48.